The molecule has 0 saturated heterocycles. The van der Waals surface area contributed by atoms with Gasteiger partial charge in [0.15, 0.2) is 5.78 Å². The smallest absolute Gasteiger partial charge is 0.193 e. The van der Waals surface area contributed by atoms with Crippen LogP contribution in [0.5, 0.6) is 0 Å². The van der Waals surface area contributed by atoms with Crippen LogP contribution in [0, 0.1) is 11.6 Å². The number of halogens is 6. The van der Waals surface area contributed by atoms with Crippen molar-refractivity contribution >= 4 is 60.8 Å². The van der Waals surface area contributed by atoms with Gasteiger partial charge in [-0.15, -0.1) is 0 Å². The Hall–Kier alpha value is -0.490. The Morgan fingerprint density at radius 1 is 0.864 bits per heavy atom. The van der Waals surface area contributed by atoms with Crippen LogP contribution in [-0.2, 0) is 10.7 Å². The lowest BCUT2D eigenvalue weighted by Gasteiger charge is -2.12. The Balaban J connectivity index is 2.68. The summed E-state index contributed by atoms with van der Waals surface area (Å²) in [5.41, 5.74) is 1.03. The van der Waals surface area contributed by atoms with Crippen molar-refractivity contribution in [1.82, 2.24) is 0 Å². The van der Waals surface area contributed by atoms with E-state index in [1.807, 2.05) is 0 Å². The molecule has 0 aromatic heterocycles. The van der Waals surface area contributed by atoms with E-state index in [2.05, 4.69) is 31.9 Å². The first-order valence-corrected chi connectivity index (χ1v) is 9.01. The standard InChI is InChI=1S/C15H8Br2Cl2F2O/c16-5-11-9(1-7(20)3-13(11)18)15(22)10-2-8(21)4-14(19)12(10)6-17/h1-4H,5-6H2. The third-order valence-electron chi connectivity index (χ3n) is 3.08. The van der Waals surface area contributed by atoms with Crippen LogP contribution in [0.1, 0.15) is 27.0 Å². The van der Waals surface area contributed by atoms with Crippen molar-refractivity contribution in [1.29, 1.82) is 0 Å². The number of ketones is 1. The largest absolute Gasteiger partial charge is 0.289 e. The van der Waals surface area contributed by atoms with Crippen LogP contribution in [0.15, 0.2) is 24.3 Å². The molecule has 1 nitrogen and oxygen atoms in total. The predicted molar refractivity (Wildman–Crippen MR) is 91.5 cm³/mol. The minimum atomic E-state index is -0.638. The van der Waals surface area contributed by atoms with Crippen LogP contribution >= 0.6 is 55.1 Å². The Morgan fingerprint density at radius 3 is 1.55 bits per heavy atom. The fraction of sp³-hybridized carbons (Fsp3) is 0.133. The summed E-state index contributed by atoms with van der Waals surface area (Å²) in [5, 5.41) is 0.783. The maximum Gasteiger partial charge on any atom is 0.193 e. The van der Waals surface area contributed by atoms with Crippen molar-refractivity contribution in [2.45, 2.75) is 10.7 Å². The molecule has 2 aromatic carbocycles. The van der Waals surface area contributed by atoms with Gasteiger partial charge >= 0.3 is 0 Å². The van der Waals surface area contributed by atoms with Crippen molar-refractivity contribution < 1.29 is 13.6 Å². The Kier molecular flexibility index (Phi) is 6.00. The van der Waals surface area contributed by atoms with Crippen molar-refractivity contribution in [3.63, 3.8) is 0 Å². The molecule has 2 rings (SSSR count). The van der Waals surface area contributed by atoms with Crippen LogP contribution in [0.2, 0.25) is 10.0 Å². The van der Waals surface area contributed by atoms with E-state index >= 15 is 0 Å². The molecule has 2 aromatic rings. The number of alkyl halides is 2. The Morgan fingerprint density at radius 2 is 1.23 bits per heavy atom. The highest BCUT2D eigenvalue weighted by molar-refractivity contribution is 9.08. The number of hydrogen-bond donors (Lipinski definition) is 0. The average Bonchev–Trinajstić information content (AvgIpc) is 2.45. The average molecular weight is 473 g/mol. The normalized spacial score (nSPS) is 10.8. The molecule has 0 N–H and O–H groups in total. The van der Waals surface area contributed by atoms with Gasteiger partial charge in [-0.3, -0.25) is 4.79 Å². The van der Waals surface area contributed by atoms with Crippen LogP contribution < -0.4 is 0 Å². The Bertz CT molecular complexity index is 689. The molecule has 7 heteroatoms. The number of carbonyl (C=O) groups excluding carboxylic acids is 1. The third kappa shape index (κ3) is 3.53. The van der Waals surface area contributed by atoms with Gasteiger partial charge in [-0.1, -0.05) is 55.1 Å². The van der Waals surface area contributed by atoms with E-state index in [0.717, 1.165) is 24.3 Å². The predicted octanol–water partition coefficient (Wildman–Crippen LogP) is 6.29. The van der Waals surface area contributed by atoms with Crippen molar-refractivity contribution in [2.75, 3.05) is 0 Å². The van der Waals surface area contributed by atoms with Gasteiger partial charge in [0.25, 0.3) is 0 Å². The summed E-state index contributed by atoms with van der Waals surface area (Å²) in [5.74, 6) is -1.81. The zero-order valence-electron chi connectivity index (χ0n) is 10.9. The van der Waals surface area contributed by atoms with Crippen molar-refractivity contribution in [3.8, 4) is 0 Å². The molecule has 0 fully saturated rings. The first kappa shape index (κ1) is 17.9. The van der Waals surface area contributed by atoms with Gasteiger partial charge in [0.1, 0.15) is 11.6 Å². The minimum absolute atomic E-state index is 0.0748. The topological polar surface area (TPSA) is 17.1 Å². The molecule has 0 amide bonds. The lowest BCUT2D eigenvalue weighted by atomic mass is 9.95. The molecule has 0 saturated carbocycles. The molecule has 0 aliphatic rings. The van der Waals surface area contributed by atoms with Gasteiger partial charge in [-0.2, -0.15) is 0 Å². The molecule has 0 unspecified atom stereocenters. The maximum atomic E-state index is 13.6. The highest BCUT2D eigenvalue weighted by Crippen LogP contribution is 2.30. The molecule has 0 aliphatic heterocycles. The van der Waals surface area contributed by atoms with E-state index in [9.17, 15) is 13.6 Å². The Labute approximate surface area is 152 Å². The van der Waals surface area contributed by atoms with Gasteiger partial charge < -0.3 is 0 Å². The molecular weight excluding hydrogens is 465 g/mol. The lowest BCUT2D eigenvalue weighted by Crippen LogP contribution is -2.09. The van der Waals surface area contributed by atoms with Gasteiger partial charge in [-0.05, 0) is 35.4 Å². The van der Waals surface area contributed by atoms with Crippen LogP contribution in [0.4, 0.5) is 8.78 Å². The zero-order valence-corrected chi connectivity index (χ0v) is 15.6. The van der Waals surface area contributed by atoms with Gasteiger partial charge in [0.2, 0.25) is 0 Å². The summed E-state index contributed by atoms with van der Waals surface area (Å²) < 4.78 is 27.2. The van der Waals surface area contributed by atoms with E-state index in [1.165, 1.54) is 0 Å². The minimum Gasteiger partial charge on any atom is -0.289 e. The monoisotopic (exact) mass is 470 g/mol. The van der Waals surface area contributed by atoms with Crippen LogP contribution in [0.3, 0.4) is 0 Å². The second-order valence-corrected chi connectivity index (χ2v) is 6.36. The molecule has 22 heavy (non-hydrogen) atoms. The molecule has 0 bridgehead atoms. The first-order valence-electron chi connectivity index (χ1n) is 6.01. The van der Waals surface area contributed by atoms with Crippen molar-refractivity contribution in [2.24, 2.45) is 0 Å². The van der Waals surface area contributed by atoms with Gasteiger partial charge in [-0.25, -0.2) is 8.78 Å². The van der Waals surface area contributed by atoms with E-state index < -0.39 is 17.4 Å². The molecule has 116 valence electrons. The number of hydrogen-bond acceptors (Lipinski definition) is 1. The molecular formula is C15H8Br2Cl2F2O. The van der Waals surface area contributed by atoms with Crippen LogP contribution in [-0.4, -0.2) is 5.78 Å². The molecule has 0 spiro atoms. The number of carbonyl (C=O) groups is 1. The van der Waals surface area contributed by atoms with E-state index in [-0.39, 0.29) is 31.8 Å². The van der Waals surface area contributed by atoms with E-state index in [1.54, 1.807) is 0 Å². The van der Waals surface area contributed by atoms with Gasteiger partial charge in [0.05, 0.1) is 0 Å². The van der Waals surface area contributed by atoms with Crippen LogP contribution in [0.25, 0.3) is 0 Å². The first-order chi connectivity index (χ1) is 10.4. The van der Waals surface area contributed by atoms with Gasteiger partial charge in [0, 0.05) is 31.8 Å². The molecule has 0 radical (unpaired) electrons. The summed E-state index contributed by atoms with van der Waals surface area (Å²) in [6, 6.07) is 4.42. The lowest BCUT2D eigenvalue weighted by molar-refractivity contribution is 0.103. The molecule has 0 aliphatic carbocycles. The SMILES string of the molecule is O=C(c1cc(F)cc(Cl)c1CBr)c1cc(F)cc(Cl)c1CBr. The highest BCUT2D eigenvalue weighted by atomic mass is 79.9. The summed E-state index contributed by atoms with van der Waals surface area (Å²) in [7, 11) is 0. The number of rotatable bonds is 4. The summed E-state index contributed by atoms with van der Waals surface area (Å²) in [6.07, 6.45) is 0. The molecule has 0 atom stereocenters. The maximum absolute atomic E-state index is 13.6. The summed E-state index contributed by atoms with van der Waals surface area (Å²) in [4.78, 5) is 12.7. The highest BCUT2D eigenvalue weighted by Gasteiger charge is 2.21. The third-order valence-corrected chi connectivity index (χ3v) is 4.87. The van der Waals surface area contributed by atoms with E-state index in [0.29, 0.717) is 11.1 Å². The van der Waals surface area contributed by atoms with E-state index in [4.69, 9.17) is 23.2 Å². The summed E-state index contributed by atoms with van der Waals surface area (Å²) in [6.45, 7) is 0. The van der Waals surface area contributed by atoms with Crippen molar-refractivity contribution in [3.05, 3.63) is 68.2 Å². The fourth-order valence-electron chi connectivity index (χ4n) is 2.03. The zero-order chi connectivity index (χ0) is 16.4. The molecule has 0 heterocycles. The quantitative estimate of drug-likeness (QED) is 0.377. The summed E-state index contributed by atoms with van der Waals surface area (Å²) >= 11 is 18.4. The second-order valence-electron chi connectivity index (χ2n) is 4.42. The number of benzene rings is 2. The fourth-order valence-corrected chi connectivity index (χ4v) is 4.11. The second kappa shape index (κ2) is 7.39.